The second-order valence-corrected chi connectivity index (χ2v) is 4.15. The van der Waals surface area contributed by atoms with Gasteiger partial charge >= 0.3 is 6.18 Å². The van der Waals surface area contributed by atoms with Crippen molar-refractivity contribution in [3.8, 4) is 0 Å². The average molecular weight is 193 g/mol. The third kappa shape index (κ3) is 2.23. The monoisotopic (exact) mass is 193 g/mol. The van der Waals surface area contributed by atoms with E-state index in [-0.39, 0.29) is 12.3 Å². The first-order chi connectivity index (χ1) is 5.73. The maximum atomic E-state index is 12.3. The highest BCUT2D eigenvalue weighted by Gasteiger charge is 2.41. The van der Waals surface area contributed by atoms with Crippen LogP contribution in [0.2, 0.25) is 0 Å². The van der Waals surface area contributed by atoms with Crippen LogP contribution < -0.4 is 0 Å². The van der Waals surface area contributed by atoms with E-state index >= 15 is 0 Å². The molecule has 1 aliphatic rings. The van der Waals surface area contributed by atoms with Crippen LogP contribution in [0.3, 0.4) is 0 Å². The molecule has 0 radical (unpaired) electrons. The summed E-state index contributed by atoms with van der Waals surface area (Å²) in [7, 11) is 0. The summed E-state index contributed by atoms with van der Waals surface area (Å²) in [5.74, 6) is 0.221. The smallest absolute Gasteiger partial charge is 0.278 e. The minimum absolute atomic E-state index is 0.0636. The Balaban J connectivity index is 2.92. The first-order valence-electron chi connectivity index (χ1n) is 4.39. The lowest BCUT2D eigenvalue weighted by atomic mass is 9.82. The van der Waals surface area contributed by atoms with Crippen molar-refractivity contribution in [2.45, 2.75) is 45.3 Å². The van der Waals surface area contributed by atoms with E-state index in [1.54, 1.807) is 13.8 Å². The molecule has 76 valence electrons. The van der Waals surface area contributed by atoms with Gasteiger partial charge in [-0.25, -0.2) is 0 Å². The molecule has 13 heavy (non-hydrogen) atoms. The minimum Gasteiger partial charge on any atom is -0.278 e. The number of halogens is 3. The van der Waals surface area contributed by atoms with Gasteiger partial charge in [-0.15, -0.1) is 0 Å². The van der Waals surface area contributed by atoms with Crippen LogP contribution in [0.4, 0.5) is 13.2 Å². The lowest BCUT2D eigenvalue weighted by Gasteiger charge is -2.33. The number of rotatable bonds is 0. The molecule has 1 aliphatic heterocycles. The van der Waals surface area contributed by atoms with Gasteiger partial charge in [0.05, 0.1) is 5.54 Å². The Bertz CT molecular complexity index is 228. The Kier molecular flexibility index (Phi) is 2.43. The largest absolute Gasteiger partial charge is 0.429 e. The summed E-state index contributed by atoms with van der Waals surface area (Å²) in [6.07, 6.45) is -3.60. The van der Waals surface area contributed by atoms with Gasteiger partial charge in [0, 0.05) is 0 Å². The SMILES string of the molecule is CC1CCC(C(F)(F)F)=NC1(C)C. The normalized spacial score (nSPS) is 28.5. The van der Waals surface area contributed by atoms with Crippen LogP contribution in [0.15, 0.2) is 4.99 Å². The molecule has 0 aromatic carbocycles. The minimum atomic E-state index is -4.24. The topological polar surface area (TPSA) is 12.4 Å². The number of nitrogens with zero attached hydrogens (tertiary/aromatic N) is 1. The molecule has 0 N–H and O–H groups in total. The summed E-state index contributed by atoms with van der Waals surface area (Å²) in [5.41, 5.74) is -1.17. The fraction of sp³-hybridized carbons (Fsp3) is 0.889. The molecule has 0 fully saturated rings. The lowest BCUT2D eigenvalue weighted by Crippen LogP contribution is -2.37. The Morgan fingerprint density at radius 1 is 1.38 bits per heavy atom. The van der Waals surface area contributed by atoms with E-state index in [0.29, 0.717) is 6.42 Å². The Hall–Kier alpha value is -0.540. The van der Waals surface area contributed by atoms with Gasteiger partial charge in [0.2, 0.25) is 0 Å². The molecular weight excluding hydrogens is 179 g/mol. The fourth-order valence-electron chi connectivity index (χ4n) is 1.43. The molecule has 1 rings (SSSR count). The highest BCUT2D eigenvalue weighted by Crippen LogP contribution is 2.34. The number of alkyl halides is 3. The van der Waals surface area contributed by atoms with Crippen LogP contribution in [0.5, 0.6) is 0 Å². The third-order valence-electron chi connectivity index (χ3n) is 2.77. The number of hydrogen-bond donors (Lipinski definition) is 0. The molecule has 1 unspecified atom stereocenters. The zero-order valence-corrected chi connectivity index (χ0v) is 8.07. The van der Waals surface area contributed by atoms with E-state index in [0.717, 1.165) is 0 Å². The highest BCUT2D eigenvalue weighted by molar-refractivity contribution is 5.90. The summed E-state index contributed by atoms with van der Waals surface area (Å²) >= 11 is 0. The maximum Gasteiger partial charge on any atom is 0.429 e. The van der Waals surface area contributed by atoms with E-state index in [2.05, 4.69) is 4.99 Å². The summed E-state index contributed by atoms with van der Waals surface area (Å²) in [4.78, 5) is 3.76. The van der Waals surface area contributed by atoms with Gasteiger partial charge in [0.15, 0.2) is 0 Å². The zero-order chi connectivity index (χ0) is 10.3. The van der Waals surface area contributed by atoms with E-state index in [4.69, 9.17) is 0 Å². The molecule has 4 heteroatoms. The first-order valence-corrected chi connectivity index (χ1v) is 4.39. The third-order valence-corrected chi connectivity index (χ3v) is 2.77. The molecule has 0 aliphatic carbocycles. The molecule has 0 aromatic heterocycles. The van der Waals surface area contributed by atoms with Crippen molar-refractivity contribution in [1.29, 1.82) is 0 Å². The first kappa shape index (κ1) is 10.5. The molecule has 0 amide bonds. The van der Waals surface area contributed by atoms with Gasteiger partial charge in [-0.1, -0.05) is 6.92 Å². The highest BCUT2D eigenvalue weighted by atomic mass is 19.4. The molecule has 0 spiro atoms. The summed E-state index contributed by atoms with van der Waals surface area (Å²) in [5, 5.41) is 0. The van der Waals surface area contributed by atoms with Crippen molar-refractivity contribution in [1.82, 2.24) is 0 Å². The second kappa shape index (κ2) is 3.00. The van der Waals surface area contributed by atoms with Gasteiger partial charge in [0.1, 0.15) is 5.71 Å². The van der Waals surface area contributed by atoms with Gasteiger partial charge < -0.3 is 0 Å². The van der Waals surface area contributed by atoms with E-state index < -0.39 is 17.4 Å². The average Bonchev–Trinajstić information content (AvgIpc) is 1.92. The van der Waals surface area contributed by atoms with Crippen LogP contribution >= 0.6 is 0 Å². The Morgan fingerprint density at radius 3 is 2.31 bits per heavy atom. The standard InChI is InChI=1S/C9H14F3N/c1-6-4-5-7(9(10,11)12)13-8(6,2)3/h6H,4-5H2,1-3H3. The van der Waals surface area contributed by atoms with Crippen molar-refractivity contribution in [2.75, 3.05) is 0 Å². The molecule has 1 nitrogen and oxygen atoms in total. The lowest BCUT2D eigenvalue weighted by molar-refractivity contribution is -0.0626. The Labute approximate surface area is 76.0 Å². The second-order valence-electron chi connectivity index (χ2n) is 4.15. The Morgan fingerprint density at radius 2 is 1.92 bits per heavy atom. The van der Waals surface area contributed by atoms with E-state index in [1.807, 2.05) is 6.92 Å². The molecule has 0 saturated carbocycles. The van der Waals surface area contributed by atoms with Crippen molar-refractivity contribution < 1.29 is 13.2 Å². The van der Waals surface area contributed by atoms with Gasteiger partial charge in [0.25, 0.3) is 0 Å². The van der Waals surface area contributed by atoms with Crippen molar-refractivity contribution >= 4 is 5.71 Å². The van der Waals surface area contributed by atoms with E-state index in [9.17, 15) is 13.2 Å². The number of hydrogen-bond acceptors (Lipinski definition) is 1. The number of aliphatic imine (C=N–C) groups is 1. The predicted octanol–water partition coefficient (Wildman–Crippen LogP) is 3.20. The van der Waals surface area contributed by atoms with Crippen LogP contribution in [-0.2, 0) is 0 Å². The van der Waals surface area contributed by atoms with Gasteiger partial charge in [-0.2, -0.15) is 13.2 Å². The quantitative estimate of drug-likeness (QED) is 0.560. The maximum absolute atomic E-state index is 12.3. The van der Waals surface area contributed by atoms with Crippen molar-refractivity contribution in [3.63, 3.8) is 0 Å². The van der Waals surface area contributed by atoms with Crippen molar-refractivity contribution in [3.05, 3.63) is 0 Å². The molecule has 1 atom stereocenters. The van der Waals surface area contributed by atoms with Gasteiger partial charge in [-0.3, -0.25) is 4.99 Å². The zero-order valence-electron chi connectivity index (χ0n) is 8.07. The predicted molar refractivity (Wildman–Crippen MR) is 46.0 cm³/mol. The van der Waals surface area contributed by atoms with Crippen LogP contribution in [0.25, 0.3) is 0 Å². The molecule has 1 heterocycles. The summed E-state index contributed by atoms with van der Waals surface area (Å²) < 4.78 is 36.8. The van der Waals surface area contributed by atoms with Crippen LogP contribution in [-0.4, -0.2) is 17.4 Å². The molecule has 0 saturated heterocycles. The van der Waals surface area contributed by atoms with Crippen LogP contribution in [0.1, 0.15) is 33.6 Å². The van der Waals surface area contributed by atoms with E-state index in [1.165, 1.54) is 0 Å². The van der Waals surface area contributed by atoms with Gasteiger partial charge in [-0.05, 0) is 32.6 Å². The molecular formula is C9H14F3N. The summed E-state index contributed by atoms with van der Waals surface area (Å²) in [6, 6.07) is 0. The van der Waals surface area contributed by atoms with Crippen molar-refractivity contribution in [2.24, 2.45) is 10.9 Å². The fourth-order valence-corrected chi connectivity index (χ4v) is 1.43. The summed E-state index contributed by atoms with van der Waals surface area (Å²) in [6.45, 7) is 5.45. The molecule has 0 aromatic rings. The molecule has 0 bridgehead atoms. The van der Waals surface area contributed by atoms with Crippen LogP contribution in [0, 0.1) is 5.92 Å².